The maximum Gasteiger partial charge on any atom is 0.222 e. The minimum Gasteiger partial charge on any atom is -0.343 e. The summed E-state index contributed by atoms with van der Waals surface area (Å²) in [6.07, 6.45) is 4.16. The Kier molecular flexibility index (Phi) is 4.40. The van der Waals surface area contributed by atoms with Gasteiger partial charge in [-0.15, -0.1) is 0 Å². The first-order valence-electron chi connectivity index (χ1n) is 6.82. The lowest BCUT2D eigenvalue weighted by molar-refractivity contribution is -0.133. The molecule has 1 N–H and O–H groups in total. The van der Waals surface area contributed by atoms with Gasteiger partial charge in [0, 0.05) is 32.1 Å². The molecule has 2 aliphatic heterocycles. The number of nitrogens with one attached hydrogen (secondary N) is 1. The lowest BCUT2D eigenvalue weighted by Crippen LogP contribution is -2.44. The van der Waals surface area contributed by atoms with Gasteiger partial charge in [-0.25, -0.2) is 0 Å². The van der Waals surface area contributed by atoms with Crippen LogP contribution >= 0.6 is 0 Å². The van der Waals surface area contributed by atoms with Crippen molar-refractivity contribution in [1.82, 2.24) is 15.1 Å². The molecule has 0 aromatic heterocycles. The highest BCUT2D eigenvalue weighted by Gasteiger charge is 2.26. The summed E-state index contributed by atoms with van der Waals surface area (Å²) in [4.78, 5) is 16.5. The Hall–Kier alpha value is -0.610. The predicted molar refractivity (Wildman–Crippen MR) is 68.9 cm³/mol. The van der Waals surface area contributed by atoms with E-state index in [4.69, 9.17) is 0 Å². The fourth-order valence-electron chi connectivity index (χ4n) is 2.99. The third-order valence-electron chi connectivity index (χ3n) is 4.21. The van der Waals surface area contributed by atoms with E-state index in [0.717, 1.165) is 45.4 Å². The molecule has 1 amide bonds. The summed E-state index contributed by atoms with van der Waals surface area (Å²) >= 11 is 0. The average molecular weight is 239 g/mol. The number of hydrogen-bond acceptors (Lipinski definition) is 3. The van der Waals surface area contributed by atoms with Crippen LogP contribution in [0.1, 0.15) is 25.7 Å². The number of amides is 1. The van der Waals surface area contributed by atoms with Gasteiger partial charge in [-0.3, -0.25) is 4.79 Å². The van der Waals surface area contributed by atoms with E-state index in [-0.39, 0.29) is 0 Å². The van der Waals surface area contributed by atoms with E-state index in [0.29, 0.717) is 17.9 Å². The van der Waals surface area contributed by atoms with E-state index in [2.05, 4.69) is 22.2 Å². The molecular weight excluding hydrogens is 214 g/mol. The molecule has 2 aliphatic rings. The smallest absolute Gasteiger partial charge is 0.222 e. The maximum absolute atomic E-state index is 12.1. The molecule has 0 aliphatic carbocycles. The molecule has 2 fully saturated rings. The normalized spacial score (nSPS) is 27.6. The topological polar surface area (TPSA) is 35.6 Å². The molecule has 98 valence electrons. The summed E-state index contributed by atoms with van der Waals surface area (Å²) in [5.74, 6) is 0.967. The van der Waals surface area contributed by atoms with E-state index in [1.165, 1.54) is 6.42 Å². The molecule has 2 heterocycles. The van der Waals surface area contributed by atoms with Gasteiger partial charge in [0.25, 0.3) is 0 Å². The summed E-state index contributed by atoms with van der Waals surface area (Å²) in [7, 11) is 4.15. The second-order valence-corrected chi connectivity index (χ2v) is 5.56. The van der Waals surface area contributed by atoms with Crippen LogP contribution in [0.15, 0.2) is 0 Å². The molecule has 0 unspecified atom stereocenters. The number of carbonyl (C=O) groups excluding carboxylic acids is 1. The zero-order valence-corrected chi connectivity index (χ0v) is 11.1. The summed E-state index contributed by atoms with van der Waals surface area (Å²) in [5.41, 5.74) is 0. The van der Waals surface area contributed by atoms with Gasteiger partial charge >= 0.3 is 0 Å². The van der Waals surface area contributed by atoms with Gasteiger partial charge in [-0.2, -0.15) is 0 Å². The predicted octanol–water partition coefficient (Wildman–Crippen LogP) is 0.539. The highest BCUT2D eigenvalue weighted by Crippen LogP contribution is 2.20. The summed E-state index contributed by atoms with van der Waals surface area (Å²) < 4.78 is 0. The van der Waals surface area contributed by atoms with Crippen LogP contribution in [0.5, 0.6) is 0 Å². The quantitative estimate of drug-likeness (QED) is 0.781. The van der Waals surface area contributed by atoms with Crippen molar-refractivity contribution in [1.29, 1.82) is 0 Å². The van der Waals surface area contributed by atoms with Crippen LogP contribution in [-0.4, -0.2) is 62.0 Å². The van der Waals surface area contributed by atoms with Gasteiger partial charge in [0.1, 0.15) is 0 Å². The number of likely N-dealkylation sites (tertiary alicyclic amines) is 2. The Morgan fingerprint density at radius 3 is 2.47 bits per heavy atom. The number of rotatable bonds is 3. The summed E-state index contributed by atoms with van der Waals surface area (Å²) in [6, 6.07) is 0.608. The molecule has 0 saturated carbocycles. The Labute approximate surface area is 104 Å². The highest BCUT2D eigenvalue weighted by molar-refractivity contribution is 5.76. The highest BCUT2D eigenvalue weighted by atomic mass is 16.2. The standard InChI is InChI=1S/C13H25N3O/c1-14-12-4-7-16(8-5-12)13(17)9-11-3-6-15(2)10-11/h11-12,14H,3-10H2,1-2H3/t11-/m0/s1. The van der Waals surface area contributed by atoms with Gasteiger partial charge in [0.2, 0.25) is 5.91 Å². The van der Waals surface area contributed by atoms with Gasteiger partial charge in [-0.05, 0) is 45.8 Å². The zero-order valence-electron chi connectivity index (χ0n) is 11.1. The molecule has 4 nitrogen and oxygen atoms in total. The van der Waals surface area contributed by atoms with Crippen LogP contribution in [0.25, 0.3) is 0 Å². The van der Waals surface area contributed by atoms with Gasteiger partial charge in [0.15, 0.2) is 0 Å². The van der Waals surface area contributed by atoms with Crippen LogP contribution in [0.2, 0.25) is 0 Å². The lowest BCUT2D eigenvalue weighted by Gasteiger charge is -2.32. The fraction of sp³-hybridized carbons (Fsp3) is 0.923. The molecule has 0 bridgehead atoms. The Bertz CT molecular complexity index is 261. The SMILES string of the molecule is CNC1CCN(C(=O)C[C@@H]2CCN(C)C2)CC1. The van der Waals surface area contributed by atoms with Crippen LogP contribution < -0.4 is 5.32 Å². The molecule has 0 aromatic carbocycles. The minimum atomic E-state index is 0.375. The van der Waals surface area contributed by atoms with Crippen molar-refractivity contribution in [3.8, 4) is 0 Å². The molecule has 2 saturated heterocycles. The lowest BCUT2D eigenvalue weighted by atomic mass is 10.0. The Balaban J connectivity index is 1.73. The van der Waals surface area contributed by atoms with Crippen molar-refractivity contribution in [2.24, 2.45) is 5.92 Å². The van der Waals surface area contributed by atoms with Crippen LogP contribution in [0.4, 0.5) is 0 Å². The largest absolute Gasteiger partial charge is 0.343 e. The summed E-state index contributed by atoms with van der Waals surface area (Å²) in [6.45, 7) is 4.12. The zero-order chi connectivity index (χ0) is 12.3. The van der Waals surface area contributed by atoms with Crippen molar-refractivity contribution >= 4 is 5.91 Å². The number of nitrogens with zero attached hydrogens (tertiary/aromatic N) is 2. The molecule has 17 heavy (non-hydrogen) atoms. The third kappa shape index (κ3) is 3.42. The van der Waals surface area contributed by atoms with Crippen molar-refractivity contribution in [2.75, 3.05) is 40.3 Å². The van der Waals surface area contributed by atoms with E-state index < -0.39 is 0 Å². The second-order valence-electron chi connectivity index (χ2n) is 5.56. The van der Waals surface area contributed by atoms with E-state index >= 15 is 0 Å². The average Bonchev–Trinajstić information content (AvgIpc) is 2.75. The van der Waals surface area contributed by atoms with Gasteiger partial charge in [0.05, 0.1) is 0 Å². The Morgan fingerprint density at radius 2 is 1.94 bits per heavy atom. The van der Waals surface area contributed by atoms with E-state index in [1.807, 2.05) is 7.05 Å². The molecule has 4 heteroatoms. The van der Waals surface area contributed by atoms with Crippen molar-refractivity contribution in [2.45, 2.75) is 31.7 Å². The van der Waals surface area contributed by atoms with Gasteiger partial charge in [-0.1, -0.05) is 0 Å². The first kappa shape index (κ1) is 12.8. The van der Waals surface area contributed by atoms with Crippen LogP contribution in [-0.2, 0) is 4.79 Å². The Morgan fingerprint density at radius 1 is 1.24 bits per heavy atom. The number of hydrogen-bond donors (Lipinski definition) is 1. The van der Waals surface area contributed by atoms with Crippen molar-refractivity contribution < 1.29 is 4.79 Å². The van der Waals surface area contributed by atoms with Crippen LogP contribution in [0, 0.1) is 5.92 Å². The van der Waals surface area contributed by atoms with Crippen molar-refractivity contribution in [3.63, 3.8) is 0 Å². The molecule has 1 atom stereocenters. The van der Waals surface area contributed by atoms with Crippen molar-refractivity contribution in [3.05, 3.63) is 0 Å². The molecule has 0 spiro atoms. The summed E-state index contributed by atoms with van der Waals surface area (Å²) in [5, 5.41) is 3.30. The minimum absolute atomic E-state index is 0.375. The van der Waals surface area contributed by atoms with Gasteiger partial charge < -0.3 is 15.1 Å². The first-order valence-corrected chi connectivity index (χ1v) is 6.82. The van der Waals surface area contributed by atoms with E-state index in [1.54, 1.807) is 0 Å². The molecule has 2 rings (SSSR count). The molecule has 0 radical (unpaired) electrons. The monoisotopic (exact) mass is 239 g/mol. The maximum atomic E-state index is 12.1. The van der Waals surface area contributed by atoms with Crippen LogP contribution in [0.3, 0.4) is 0 Å². The third-order valence-corrected chi connectivity index (χ3v) is 4.21. The van der Waals surface area contributed by atoms with E-state index in [9.17, 15) is 4.79 Å². The molecular formula is C13H25N3O. The first-order chi connectivity index (χ1) is 8.19. The number of carbonyl (C=O) groups is 1. The molecule has 0 aromatic rings. The fourth-order valence-corrected chi connectivity index (χ4v) is 2.99. The number of piperidine rings is 1. The second kappa shape index (κ2) is 5.83.